The third-order valence-electron chi connectivity index (χ3n) is 2.03. The number of nitrogens with zero attached hydrogens (tertiary/aromatic N) is 1. The van der Waals surface area contributed by atoms with E-state index in [-0.39, 0.29) is 5.78 Å². The van der Waals surface area contributed by atoms with Gasteiger partial charge in [0.2, 0.25) is 0 Å². The van der Waals surface area contributed by atoms with Crippen molar-refractivity contribution < 1.29 is 4.79 Å². The normalized spacial score (nSPS) is 27.1. The number of allylic oxidation sites excluding steroid dienone is 2. The largest absolute Gasteiger partial charge is 0.295 e. The Bertz CT molecular complexity index is 255. The van der Waals surface area contributed by atoms with E-state index < -0.39 is 0 Å². The molecule has 0 aromatic heterocycles. The van der Waals surface area contributed by atoms with Crippen molar-refractivity contribution in [2.75, 3.05) is 7.05 Å². The minimum Gasteiger partial charge on any atom is -0.295 e. The summed E-state index contributed by atoms with van der Waals surface area (Å²) in [6, 6.07) is 0. The summed E-state index contributed by atoms with van der Waals surface area (Å²) in [5.74, 6) is 0.170. The number of hydrogen-bond acceptors (Lipinski definition) is 2. The molecule has 2 atom stereocenters. The second-order valence-corrected chi connectivity index (χ2v) is 4.05. The summed E-state index contributed by atoms with van der Waals surface area (Å²) in [4.78, 5) is 15.2. The van der Waals surface area contributed by atoms with E-state index in [4.69, 9.17) is 0 Å². The zero-order valence-corrected chi connectivity index (χ0v) is 8.66. The molecule has 1 aliphatic carbocycles. The van der Waals surface area contributed by atoms with Crippen molar-refractivity contribution in [3.63, 3.8) is 0 Å². The Morgan fingerprint density at radius 2 is 2.33 bits per heavy atom. The lowest BCUT2D eigenvalue weighted by atomic mass is 9.95. The molecule has 2 unspecified atom stereocenters. The summed E-state index contributed by atoms with van der Waals surface area (Å²) in [6.45, 7) is 1.61. The zero-order chi connectivity index (χ0) is 9.14. The van der Waals surface area contributed by atoms with Crippen LogP contribution in [0, 0.1) is 0 Å². The van der Waals surface area contributed by atoms with E-state index in [2.05, 4.69) is 14.2 Å². The van der Waals surface area contributed by atoms with Crippen LogP contribution in [0.25, 0.3) is 0 Å². The van der Waals surface area contributed by atoms with Crippen molar-refractivity contribution in [3.05, 3.63) is 11.6 Å². The van der Waals surface area contributed by atoms with Crippen molar-refractivity contribution in [1.29, 1.82) is 0 Å². The van der Waals surface area contributed by atoms with Crippen molar-refractivity contribution in [3.8, 4) is 0 Å². The molecule has 0 aromatic carbocycles. The standard InChI is InChI=1S/C9H14NOP/c1-6(11)7-3-8(10-2)5-9(12)4-7/h3,9H,4-5,12H2,1-2H3. The van der Waals surface area contributed by atoms with E-state index in [9.17, 15) is 4.79 Å². The summed E-state index contributed by atoms with van der Waals surface area (Å²) in [6.07, 6.45) is 3.76. The predicted molar refractivity (Wildman–Crippen MR) is 54.9 cm³/mol. The van der Waals surface area contributed by atoms with Gasteiger partial charge in [0.05, 0.1) is 0 Å². The average Bonchev–Trinajstić information content (AvgIpc) is 2.03. The highest BCUT2D eigenvalue weighted by Gasteiger charge is 2.17. The number of Topliss-reactive ketones (excluding diaryl/α,β-unsaturated/α-hetero) is 1. The van der Waals surface area contributed by atoms with Crippen LogP contribution in [0.15, 0.2) is 16.6 Å². The van der Waals surface area contributed by atoms with Gasteiger partial charge in [0.1, 0.15) is 0 Å². The van der Waals surface area contributed by atoms with Gasteiger partial charge in [-0.15, -0.1) is 9.24 Å². The minimum atomic E-state index is 0.170. The molecule has 12 heavy (non-hydrogen) atoms. The van der Waals surface area contributed by atoms with Crippen LogP contribution in [0.1, 0.15) is 19.8 Å². The lowest BCUT2D eigenvalue weighted by Crippen LogP contribution is -2.16. The van der Waals surface area contributed by atoms with Gasteiger partial charge in [-0.3, -0.25) is 9.79 Å². The topological polar surface area (TPSA) is 29.4 Å². The molecule has 0 fully saturated rings. The van der Waals surface area contributed by atoms with Crippen LogP contribution in [0.4, 0.5) is 0 Å². The molecule has 0 saturated heterocycles. The summed E-state index contributed by atoms with van der Waals surface area (Å²) in [7, 11) is 4.52. The first-order valence-electron chi connectivity index (χ1n) is 4.06. The van der Waals surface area contributed by atoms with Crippen LogP contribution >= 0.6 is 9.24 Å². The molecular formula is C9H14NOP. The Morgan fingerprint density at radius 3 is 2.83 bits per heavy atom. The predicted octanol–water partition coefficient (Wildman–Crippen LogP) is 1.61. The fourth-order valence-electron chi connectivity index (χ4n) is 1.34. The Kier molecular flexibility index (Phi) is 3.16. The van der Waals surface area contributed by atoms with Crippen LogP contribution in [0.3, 0.4) is 0 Å². The van der Waals surface area contributed by atoms with Gasteiger partial charge in [-0.2, -0.15) is 0 Å². The maximum atomic E-state index is 11.1. The van der Waals surface area contributed by atoms with Crippen LogP contribution in [-0.2, 0) is 4.79 Å². The smallest absolute Gasteiger partial charge is 0.155 e. The number of ketones is 1. The van der Waals surface area contributed by atoms with Gasteiger partial charge in [0.15, 0.2) is 5.78 Å². The van der Waals surface area contributed by atoms with Crippen molar-refractivity contribution >= 4 is 20.7 Å². The second-order valence-electron chi connectivity index (χ2n) is 3.11. The van der Waals surface area contributed by atoms with E-state index in [0.29, 0.717) is 5.66 Å². The van der Waals surface area contributed by atoms with Crippen LogP contribution in [0.5, 0.6) is 0 Å². The number of carbonyl (C=O) groups excluding carboxylic acids is 1. The first kappa shape index (κ1) is 9.60. The first-order valence-corrected chi connectivity index (χ1v) is 4.73. The number of hydrogen-bond donors (Lipinski definition) is 0. The van der Waals surface area contributed by atoms with E-state index >= 15 is 0 Å². The molecule has 0 amide bonds. The van der Waals surface area contributed by atoms with Gasteiger partial charge in [0.25, 0.3) is 0 Å². The minimum absolute atomic E-state index is 0.170. The maximum absolute atomic E-state index is 11.1. The van der Waals surface area contributed by atoms with Crippen LogP contribution in [-0.4, -0.2) is 24.2 Å². The van der Waals surface area contributed by atoms with E-state index in [1.807, 2.05) is 6.08 Å². The lowest BCUT2D eigenvalue weighted by Gasteiger charge is -2.18. The van der Waals surface area contributed by atoms with E-state index in [1.54, 1.807) is 14.0 Å². The lowest BCUT2D eigenvalue weighted by molar-refractivity contribution is -0.113. The molecule has 1 aliphatic rings. The Hall–Kier alpha value is -0.490. The molecular weight excluding hydrogens is 169 g/mol. The van der Waals surface area contributed by atoms with Gasteiger partial charge in [-0.25, -0.2) is 0 Å². The fourth-order valence-corrected chi connectivity index (χ4v) is 1.84. The molecule has 0 heterocycles. The average molecular weight is 183 g/mol. The molecule has 0 aliphatic heterocycles. The zero-order valence-electron chi connectivity index (χ0n) is 7.50. The Labute approximate surface area is 75.4 Å². The molecule has 3 heteroatoms. The molecule has 0 spiro atoms. The van der Waals surface area contributed by atoms with Gasteiger partial charge >= 0.3 is 0 Å². The highest BCUT2D eigenvalue weighted by Crippen LogP contribution is 2.23. The summed E-state index contributed by atoms with van der Waals surface area (Å²) < 4.78 is 0. The Morgan fingerprint density at radius 1 is 1.67 bits per heavy atom. The highest BCUT2D eigenvalue weighted by atomic mass is 31.0. The van der Waals surface area contributed by atoms with Gasteiger partial charge in [-0.05, 0) is 37.1 Å². The van der Waals surface area contributed by atoms with Gasteiger partial charge in [-0.1, -0.05) is 0 Å². The van der Waals surface area contributed by atoms with Gasteiger partial charge in [0, 0.05) is 12.8 Å². The molecule has 1 rings (SSSR count). The quantitative estimate of drug-likeness (QED) is 0.568. The highest BCUT2D eigenvalue weighted by molar-refractivity contribution is 7.17. The Balaban J connectivity index is 2.87. The molecule has 0 saturated carbocycles. The monoisotopic (exact) mass is 183 g/mol. The summed E-state index contributed by atoms with van der Waals surface area (Å²) >= 11 is 0. The van der Waals surface area contributed by atoms with Gasteiger partial charge < -0.3 is 0 Å². The van der Waals surface area contributed by atoms with Crippen molar-refractivity contribution in [2.45, 2.75) is 25.4 Å². The van der Waals surface area contributed by atoms with E-state index in [0.717, 1.165) is 24.1 Å². The van der Waals surface area contributed by atoms with E-state index in [1.165, 1.54) is 0 Å². The van der Waals surface area contributed by atoms with Crippen molar-refractivity contribution in [1.82, 2.24) is 0 Å². The molecule has 0 radical (unpaired) electrons. The first-order chi connectivity index (χ1) is 5.63. The SMILES string of the molecule is CN=C1C=C(C(C)=O)CC(P)C1. The number of rotatable bonds is 1. The fraction of sp³-hybridized carbons (Fsp3) is 0.556. The van der Waals surface area contributed by atoms with Crippen molar-refractivity contribution in [2.24, 2.45) is 4.99 Å². The molecule has 0 bridgehead atoms. The molecule has 0 N–H and O–H groups in total. The third kappa shape index (κ3) is 2.25. The molecule has 0 aromatic rings. The molecule has 66 valence electrons. The summed E-state index contributed by atoms with van der Waals surface area (Å²) in [5.41, 5.74) is 2.42. The second kappa shape index (κ2) is 3.95. The number of carbonyl (C=O) groups is 1. The summed E-state index contributed by atoms with van der Waals surface area (Å²) in [5, 5.41) is 0. The third-order valence-corrected chi connectivity index (χ3v) is 2.51. The van der Waals surface area contributed by atoms with Crippen LogP contribution < -0.4 is 0 Å². The molecule has 2 nitrogen and oxygen atoms in total. The number of aliphatic imine (C=N–C) groups is 1. The maximum Gasteiger partial charge on any atom is 0.155 e. The van der Waals surface area contributed by atoms with Crippen LogP contribution in [0.2, 0.25) is 0 Å².